The molecule has 8 heavy (non-hydrogen) atoms. The van der Waals surface area contributed by atoms with Gasteiger partial charge in [0.15, 0.2) is 0 Å². The first kappa shape index (κ1) is 16.0. The van der Waals surface area contributed by atoms with E-state index in [1.807, 2.05) is 0 Å². The van der Waals surface area contributed by atoms with E-state index in [0.29, 0.717) is 0 Å². The van der Waals surface area contributed by atoms with Gasteiger partial charge in [-0.25, -0.2) is 0 Å². The summed E-state index contributed by atoms with van der Waals surface area (Å²) in [5.74, 6) is 0. The monoisotopic (exact) mass is 146 g/mol. The summed E-state index contributed by atoms with van der Waals surface area (Å²) >= 11 is 0. The Hall–Kier alpha value is 1.02. The van der Waals surface area contributed by atoms with Crippen molar-refractivity contribution in [3.8, 4) is 0 Å². The van der Waals surface area contributed by atoms with Crippen molar-refractivity contribution < 1.29 is 17.5 Å². The minimum absolute atomic E-state index is 0. The zero-order chi connectivity index (χ0) is 4.83. The first-order chi connectivity index (χ1) is 2.91. The van der Waals surface area contributed by atoms with Gasteiger partial charge in [-0.05, 0) is 0 Å². The van der Waals surface area contributed by atoms with Crippen LogP contribution in [0.2, 0.25) is 0 Å². The van der Waals surface area contributed by atoms with Crippen molar-refractivity contribution in [3.63, 3.8) is 0 Å². The second-order valence-corrected chi connectivity index (χ2v) is 1.41. The molecule has 0 aromatic heterocycles. The number of halogens is 1. The van der Waals surface area contributed by atoms with Crippen LogP contribution in [0.25, 0.3) is 0 Å². The number of unbranched alkanes of at least 4 members (excludes halogenated alkanes) is 2. The van der Waals surface area contributed by atoms with Gasteiger partial charge in [0.25, 0.3) is 0 Å². The molecule has 0 unspecified atom stereocenters. The third kappa shape index (κ3) is 15.7. The van der Waals surface area contributed by atoms with Crippen molar-refractivity contribution in [2.75, 3.05) is 6.61 Å². The molecular formula is C5H11ClMgO. The Kier molecular flexibility index (Phi) is 31.4. The van der Waals surface area contributed by atoms with Crippen molar-refractivity contribution >= 4 is 23.1 Å². The molecular weight excluding hydrogens is 136 g/mol. The molecule has 0 rings (SSSR count). The number of hydrogen-bond acceptors (Lipinski definition) is 1. The van der Waals surface area contributed by atoms with Crippen LogP contribution in [0.15, 0.2) is 0 Å². The second kappa shape index (κ2) is 15.7. The van der Waals surface area contributed by atoms with Gasteiger partial charge in [0.05, 0.1) is 0 Å². The minimum Gasteiger partial charge on any atom is -1.00 e. The maximum atomic E-state index is 9.69. The molecule has 0 aromatic carbocycles. The summed E-state index contributed by atoms with van der Waals surface area (Å²) in [6.07, 6.45) is 3.11. The summed E-state index contributed by atoms with van der Waals surface area (Å²) in [6, 6.07) is 0. The molecule has 0 heterocycles. The molecule has 0 amide bonds. The second-order valence-electron chi connectivity index (χ2n) is 1.41. The van der Waals surface area contributed by atoms with Crippen LogP contribution >= 0.6 is 0 Å². The summed E-state index contributed by atoms with van der Waals surface area (Å²) in [5.41, 5.74) is 0. The van der Waals surface area contributed by atoms with Crippen LogP contribution in [-0.2, 0) is 0 Å². The van der Waals surface area contributed by atoms with Gasteiger partial charge in [0.1, 0.15) is 0 Å². The molecule has 0 N–H and O–H groups in total. The molecule has 0 spiro atoms. The first-order valence-corrected chi connectivity index (χ1v) is 2.50. The van der Waals surface area contributed by atoms with Gasteiger partial charge >= 0.3 is 23.1 Å². The quantitative estimate of drug-likeness (QED) is 0.311. The van der Waals surface area contributed by atoms with E-state index in [1.54, 1.807) is 0 Å². The van der Waals surface area contributed by atoms with Crippen molar-refractivity contribution in [1.82, 2.24) is 0 Å². The number of rotatable bonds is 3. The molecule has 0 bridgehead atoms. The van der Waals surface area contributed by atoms with E-state index in [9.17, 15) is 5.11 Å². The van der Waals surface area contributed by atoms with E-state index in [2.05, 4.69) is 6.92 Å². The van der Waals surface area contributed by atoms with Crippen LogP contribution in [0.5, 0.6) is 0 Å². The Bertz CT molecular complexity index is 24.4. The largest absolute Gasteiger partial charge is 2.00 e. The van der Waals surface area contributed by atoms with Crippen LogP contribution in [-0.4, -0.2) is 29.7 Å². The van der Waals surface area contributed by atoms with Gasteiger partial charge in [0, 0.05) is 0 Å². The Morgan fingerprint density at radius 2 is 1.75 bits per heavy atom. The van der Waals surface area contributed by atoms with Crippen molar-refractivity contribution in [2.45, 2.75) is 26.2 Å². The van der Waals surface area contributed by atoms with Crippen molar-refractivity contribution in [2.24, 2.45) is 0 Å². The zero-order valence-corrected chi connectivity index (χ0v) is 7.49. The summed E-state index contributed by atoms with van der Waals surface area (Å²) in [6.45, 7) is 2.20. The zero-order valence-electron chi connectivity index (χ0n) is 5.32. The summed E-state index contributed by atoms with van der Waals surface area (Å²) in [4.78, 5) is 0. The maximum absolute atomic E-state index is 9.69. The third-order valence-electron chi connectivity index (χ3n) is 0.748. The molecule has 1 nitrogen and oxygen atoms in total. The van der Waals surface area contributed by atoms with Crippen LogP contribution in [0.3, 0.4) is 0 Å². The fourth-order valence-corrected chi connectivity index (χ4v) is 0.352. The SMILES string of the molecule is CCCCC[O-].[Cl-].[Mg+2]. The summed E-state index contributed by atoms with van der Waals surface area (Å²) < 4.78 is 0. The van der Waals surface area contributed by atoms with E-state index < -0.39 is 0 Å². The Morgan fingerprint density at radius 3 is 1.88 bits per heavy atom. The minimum atomic E-state index is 0. The molecule has 0 atom stereocenters. The molecule has 0 aliphatic rings. The first-order valence-electron chi connectivity index (χ1n) is 2.50. The Balaban J connectivity index is -0.000000125. The van der Waals surface area contributed by atoms with E-state index in [0.717, 1.165) is 19.3 Å². The average molecular weight is 147 g/mol. The van der Waals surface area contributed by atoms with Crippen LogP contribution < -0.4 is 17.5 Å². The predicted octanol–water partition coefficient (Wildman–Crippen LogP) is -2.84. The van der Waals surface area contributed by atoms with Crippen LogP contribution in [0, 0.1) is 0 Å². The molecule has 0 fully saturated rings. The smallest absolute Gasteiger partial charge is 1.00 e. The van der Waals surface area contributed by atoms with Crippen LogP contribution in [0.4, 0.5) is 0 Å². The van der Waals surface area contributed by atoms with Gasteiger partial charge in [0.2, 0.25) is 0 Å². The van der Waals surface area contributed by atoms with Gasteiger partial charge in [-0.15, -0.1) is 6.61 Å². The van der Waals surface area contributed by atoms with E-state index in [4.69, 9.17) is 0 Å². The maximum Gasteiger partial charge on any atom is 2.00 e. The molecule has 0 aliphatic carbocycles. The van der Waals surface area contributed by atoms with Crippen molar-refractivity contribution in [1.29, 1.82) is 0 Å². The normalized spacial score (nSPS) is 6.75. The van der Waals surface area contributed by atoms with Crippen LogP contribution in [0.1, 0.15) is 26.2 Å². The fourth-order valence-electron chi connectivity index (χ4n) is 0.352. The average Bonchev–Trinajstić information content (AvgIpc) is 1.61. The van der Waals surface area contributed by atoms with Gasteiger partial charge in [-0.3, -0.25) is 0 Å². The third-order valence-corrected chi connectivity index (χ3v) is 0.748. The summed E-state index contributed by atoms with van der Waals surface area (Å²) in [5, 5.41) is 9.69. The van der Waals surface area contributed by atoms with E-state index >= 15 is 0 Å². The molecule has 0 radical (unpaired) electrons. The van der Waals surface area contributed by atoms with E-state index in [1.165, 1.54) is 0 Å². The molecule has 0 saturated carbocycles. The standard InChI is InChI=1S/C5H11O.ClH.Mg/c1-2-3-4-5-6;;/h2-5H2,1H3;1H;/q-1;;+2/p-1. The molecule has 0 aliphatic heterocycles. The fraction of sp³-hybridized carbons (Fsp3) is 1.00. The molecule has 0 saturated heterocycles. The topological polar surface area (TPSA) is 23.1 Å². The molecule has 3 heteroatoms. The van der Waals surface area contributed by atoms with Gasteiger partial charge < -0.3 is 17.5 Å². The molecule has 46 valence electrons. The molecule has 0 aromatic rings. The predicted molar refractivity (Wildman–Crippen MR) is 30.1 cm³/mol. The Morgan fingerprint density at radius 1 is 1.25 bits per heavy atom. The Labute approximate surface area is 73.4 Å². The van der Waals surface area contributed by atoms with Gasteiger partial charge in [-0.2, -0.15) is 0 Å². The van der Waals surface area contributed by atoms with E-state index in [-0.39, 0.29) is 42.1 Å². The summed E-state index contributed by atoms with van der Waals surface area (Å²) in [7, 11) is 0. The van der Waals surface area contributed by atoms with Gasteiger partial charge in [-0.1, -0.05) is 26.2 Å². The van der Waals surface area contributed by atoms with Crippen molar-refractivity contribution in [3.05, 3.63) is 0 Å². The number of hydrogen-bond donors (Lipinski definition) is 0.